The number of hydrogen-bond acceptors (Lipinski definition) is 3. The summed E-state index contributed by atoms with van der Waals surface area (Å²) in [5.74, 6) is 0.190. The molecule has 1 aromatic heterocycles. The highest BCUT2D eigenvalue weighted by Gasteiger charge is 2.12. The predicted octanol–water partition coefficient (Wildman–Crippen LogP) is 4.19. The second-order valence-corrected chi connectivity index (χ2v) is 4.92. The minimum absolute atomic E-state index is 0.190. The first-order valence-electron chi connectivity index (χ1n) is 5.63. The number of nitrogen functional groups attached to an aromatic ring is 1. The van der Waals surface area contributed by atoms with Crippen molar-refractivity contribution in [3.05, 3.63) is 52.5 Å². The number of nitrogens with zero attached hydrogens (tertiary/aromatic N) is 2. The van der Waals surface area contributed by atoms with Gasteiger partial charge in [0.25, 0.3) is 0 Å². The molecule has 3 rings (SSSR count). The molecule has 0 spiro atoms. The maximum Gasteiger partial charge on any atom is 0.221 e. The molecule has 0 unspecified atom stereocenters. The van der Waals surface area contributed by atoms with Crippen LogP contribution in [0, 0.1) is 0 Å². The van der Waals surface area contributed by atoms with Crippen molar-refractivity contribution >= 4 is 40.1 Å². The molecule has 2 aromatic carbocycles. The highest BCUT2D eigenvalue weighted by atomic mass is 35.5. The molecule has 0 fully saturated rings. The van der Waals surface area contributed by atoms with Crippen molar-refractivity contribution in [2.24, 2.45) is 0 Å². The highest BCUT2D eigenvalue weighted by molar-refractivity contribution is 6.38. The molecule has 5 heteroatoms. The van der Waals surface area contributed by atoms with Crippen molar-refractivity contribution in [2.45, 2.75) is 0 Å². The fraction of sp³-hybridized carbons (Fsp3) is 0. The van der Waals surface area contributed by atoms with Gasteiger partial charge in [-0.25, -0.2) is 9.97 Å². The van der Waals surface area contributed by atoms with Crippen LogP contribution in [0.3, 0.4) is 0 Å². The van der Waals surface area contributed by atoms with E-state index in [4.69, 9.17) is 28.9 Å². The van der Waals surface area contributed by atoms with Crippen molar-refractivity contribution in [1.29, 1.82) is 0 Å². The number of benzene rings is 2. The maximum atomic E-state index is 6.16. The lowest BCUT2D eigenvalue weighted by atomic mass is 10.1. The monoisotopic (exact) mass is 289 g/mol. The number of aromatic nitrogens is 2. The molecule has 0 aliphatic carbocycles. The minimum Gasteiger partial charge on any atom is -0.368 e. The number of hydrogen-bond donors (Lipinski definition) is 1. The average molecular weight is 290 g/mol. The first-order valence-corrected chi connectivity index (χ1v) is 6.38. The summed E-state index contributed by atoms with van der Waals surface area (Å²) in [5, 5.41) is 1.80. The summed E-state index contributed by atoms with van der Waals surface area (Å²) >= 11 is 12.2. The fourth-order valence-corrected chi connectivity index (χ4v) is 2.53. The van der Waals surface area contributed by atoms with E-state index in [9.17, 15) is 0 Å². The average Bonchev–Trinajstić information content (AvgIpc) is 2.40. The number of halogens is 2. The van der Waals surface area contributed by atoms with Crippen LogP contribution in [0.2, 0.25) is 10.0 Å². The maximum absolute atomic E-state index is 6.16. The molecule has 0 amide bonds. The Hall–Kier alpha value is -1.84. The molecule has 1 heterocycles. The van der Waals surface area contributed by atoms with Crippen molar-refractivity contribution in [2.75, 3.05) is 5.73 Å². The third-order valence-electron chi connectivity index (χ3n) is 2.78. The summed E-state index contributed by atoms with van der Waals surface area (Å²) in [5.41, 5.74) is 8.04. The third-order valence-corrected chi connectivity index (χ3v) is 3.29. The van der Waals surface area contributed by atoms with Crippen LogP contribution in [-0.4, -0.2) is 9.97 Å². The number of nitrogens with two attached hydrogens (primary N) is 1. The molecular weight excluding hydrogens is 281 g/mol. The summed E-state index contributed by atoms with van der Waals surface area (Å²) < 4.78 is 0. The van der Waals surface area contributed by atoms with E-state index in [2.05, 4.69) is 9.97 Å². The van der Waals surface area contributed by atoms with E-state index in [-0.39, 0.29) is 5.95 Å². The molecule has 0 radical (unpaired) electrons. The van der Waals surface area contributed by atoms with Gasteiger partial charge in [-0.2, -0.15) is 0 Å². The van der Waals surface area contributed by atoms with Crippen LogP contribution >= 0.6 is 23.2 Å². The molecule has 94 valence electrons. The lowest BCUT2D eigenvalue weighted by Gasteiger charge is -2.08. The Morgan fingerprint density at radius 1 is 0.947 bits per heavy atom. The van der Waals surface area contributed by atoms with E-state index < -0.39 is 0 Å². The van der Waals surface area contributed by atoms with Crippen molar-refractivity contribution in [3.63, 3.8) is 0 Å². The normalized spacial score (nSPS) is 10.8. The molecule has 0 bridgehead atoms. The van der Waals surface area contributed by atoms with Crippen molar-refractivity contribution in [1.82, 2.24) is 9.97 Å². The molecule has 0 aliphatic rings. The molecule has 0 aliphatic heterocycles. The zero-order valence-corrected chi connectivity index (χ0v) is 11.3. The topological polar surface area (TPSA) is 51.8 Å². The van der Waals surface area contributed by atoms with Crippen molar-refractivity contribution < 1.29 is 0 Å². The summed E-state index contributed by atoms with van der Waals surface area (Å²) in [6.07, 6.45) is 0. The van der Waals surface area contributed by atoms with Crippen LogP contribution in [0.15, 0.2) is 42.5 Å². The van der Waals surface area contributed by atoms with Gasteiger partial charge in [0, 0.05) is 16.0 Å². The van der Waals surface area contributed by atoms with Gasteiger partial charge in [0.1, 0.15) is 0 Å². The zero-order valence-electron chi connectivity index (χ0n) is 9.77. The molecule has 0 saturated carbocycles. The van der Waals surface area contributed by atoms with E-state index in [0.29, 0.717) is 15.6 Å². The number of anilines is 1. The SMILES string of the molecule is Nc1nc(-c2ccccc2)c2cc(Cl)cc(Cl)c2n1. The third kappa shape index (κ3) is 2.23. The smallest absolute Gasteiger partial charge is 0.221 e. The quantitative estimate of drug-likeness (QED) is 0.731. The lowest BCUT2D eigenvalue weighted by Crippen LogP contribution is -1.98. The second-order valence-electron chi connectivity index (χ2n) is 4.08. The van der Waals surface area contributed by atoms with Gasteiger partial charge in [-0.15, -0.1) is 0 Å². The first-order chi connectivity index (χ1) is 9.15. The lowest BCUT2D eigenvalue weighted by molar-refractivity contribution is 1.24. The predicted molar refractivity (Wildman–Crippen MR) is 79.4 cm³/mol. The van der Waals surface area contributed by atoms with Crippen LogP contribution in [0.4, 0.5) is 5.95 Å². The summed E-state index contributed by atoms with van der Waals surface area (Å²) in [6.45, 7) is 0. The molecule has 3 nitrogen and oxygen atoms in total. The van der Waals surface area contributed by atoms with E-state index >= 15 is 0 Å². The van der Waals surface area contributed by atoms with Crippen LogP contribution in [0.25, 0.3) is 22.2 Å². The van der Waals surface area contributed by atoms with Crippen LogP contribution < -0.4 is 5.73 Å². The molecule has 3 aromatic rings. The summed E-state index contributed by atoms with van der Waals surface area (Å²) in [7, 11) is 0. The van der Waals surface area contributed by atoms with Gasteiger partial charge in [0.05, 0.1) is 16.2 Å². The largest absolute Gasteiger partial charge is 0.368 e. The van der Waals surface area contributed by atoms with E-state index in [1.165, 1.54) is 0 Å². The minimum atomic E-state index is 0.190. The standard InChI is InChI=1S/C14H9Cl2N3/c15-9-6-10-12(8-4-2-1-3-5-8)18-14(17)19-13(10)11(16)7-9/h1-7H,(H2,17,18,19). The number of fused-ring (bicyclic) bond motifs is 1. The van der Waals surface area contributed by atoms with Crippen LogP contribution in [0.5, 0.6) is 0 Å². The zero-order chi connectivity index (χ0) is 13.4. The van der Waals surface area contributed by atoms with Gasteiger partial charge in [0.2, 0.25) is 5.95 Å². The van der Waals surface area contributed by atoms with E-state index in [1.54, 1.807) is 12.1 Å². The Morgan fingerprint density at radius 3 is 2.42 bits per heavy atom. The van der Waals surface area contributed by atoms with Gasteiger partial charge >= 0.3 is 0 Å². The molecule has 19 heavy (non-hydrogen) atoms. The Labute approximate surface area is 120 Å². The fourth-order valence-electron chi connectivity index (χ4n) is 1.99. The first kappa shape index (κ1) is 12.2. The van der Waals surface area contributed by atoms with Crippen LogP contribution in [-0.2, 0) is 0 Å². The number of rotatable bonds is 1. The molecule has 0 saturated heterocycles. The Kier molecular flexibility index (Phi) is 3.01. The van der Waals surface area contributed by atoms with E-state index in [1.807, 2.05) is 30.3 Å². The Balaban J connectivity index is 2.42. The van der Waals surface area contributed by atoms with E-state index in [0.717, 1.165) is 16.6 Å². The van der Waals surface area contributed by atoms with Gasteiger partial charge in [-0.1, -0.05) is 53.5 Å². The second kappa shape index (κ2) is 4.68. The molecule has 2 N–H and O–H groups in total. The summed E-state index contributed by atoms with van der Waals surface area (Å²) in [4.78, 5) is 8.48. The molecule has 0 atom stereocenters. The van der Waals surface area contributed by atoms with Gasteiger partial charge < -0.3 is 5.73 Å². The van der Waals surface area contributed by atoms with Gasteiger partial charge in [-0.3, -0.25) is 0 Å². The van der Waals surface area contributed by atoms with Gasteiger partial charge in [0.15, 0.2) is 0 Å². The van der Waals surface area contributed by atoms with Crippen LogP contribution in [0.1, 0.15) is 0 Å². The highest BCUT2D eigenvalue weighted by Crippen LogP contribution is 2.33. The van der Waals surface area contributed by atoms with Crippen molar-refractivity contribution in [3.8, 4) is 11.3 Å². The molecular formula is C14H9Cl2N3. The Bertz CT molecular complexity index is 757. The van der Waals surface area contributed by atoms with Gasteiger partial charge in [-0.05, 0) is 12.1 Å². The Morgan fingerprint density at radius 2 is 1.68 bits per heavy atom. The summed E-state index contributed by atoms with van der Waals surface area (Å²) in [6, 6.07) is 13.2.